The molecule has 0 atom stereocenters. The molecule has 0 bridgehead atoms. The van der Waals surface area contributed by atoms with Gasteiger partial charge in [-0.2, -0.15) is 0 Å². The zero-order valence-corrected chi connectivity index (χ0v) is 24.1. The van der Waals surface area contributed by atoms with Crippen LogP contribution < -0.4 is 20.9 Å². The lowest BCUT2D eigenvalue weighted by Gasteiger charge is -2.41. The lowest BCUT2D eigenvalue weighted by molar-refractivity contribution is 0.264. The van der Waals surface area contributed by atoms with E-state index in [0.717, 1.165) is 53.6 Å². The number of hydrogen-bond donors (Lipinski definition) is 2. The van der Waals surface area contributed by atoms with Gasteiger partial charge in [-0.3, -0.25) is 0 Å². The normalized spacial score (nSPS) is 14.8. The highest BCUT2D eigenvalue weighted by Crippen LogP contribution is 2.48. The van der Waals surface area contributed by atoms with Crippen molar-refractivity contribution in [2.75, 3.05) is 11.5 Å². The third-order valence-electron chi connectivity index (χ3n) is 8.65. The topological polar surface area (TPSA) is 70.5 Å². The third kappa shape index (κ3) is 6.28. The Balaban J connectivity index is 1.24. The lowest BCUT2D eigenvalue weighted by Crippen LogP contribution is -2.33. The number of nitrogens with two attached hydrogens (primary N) is 2. The van der Waals surface area contributed by atoms with Gasteiger partial charge in [0.05, 0.1) is 0 Å². The zero-order valence-electron chi connectivity index (χ0n) is 24.1. The van der Waals surface area contributed by atoms with Crippen molar-refractivity contribution < 1.29 is 9.47 Å². The average molecular weight is 555 g/mol. The third-order valence-corrected chi connectivity index (χ3v) is 8.65. The van der Waals surface area contributed by atoms with Crippen molar-refractivity contribution >= 4 is 11.4 Å². The van der Waals surface area contributed by atoms with Crippen LogP contribution in [0.1, 0.15) is 47.9 Å². The Bertz CT molecular complexity index is 1490. The van der Waals surface area contributed by atoms with Crippen molar-refractivity contribution in [1.29, 1.82) is 0 Å². The molecule has 1 aliphatic rings. The van der Waals surface area contributed by atoms with Gasteiger partial charge in [0.25, 0.3) is 0 Å². The van der Waals surface area contributed by atoms with Crippen LogP contribution in [0.3, 0.4) is 0 Å². The fourth-order valence-corrected chi connectivity index (χ4v) is 6.20. The summed E-state index contributed by atoms with van der Waals surface area (Å²) in [7, 11) is 0. The second-order valence-electron chi connectivity index (χ2n) is 11.6. The number of ether oxygens (including phenoxy) is 2. The lowest BCUT2D eigenvalue weighted by atomic mass is 9.62. The van der Waals surface area contributed by atoms with Gasteiger partial charge in [0.1, 0.15) is 23.0 Å². The highest BCUT2D eigenvalue weighted by molar-refractivity contribution is 5.47. The van der Waals surface area contributed by atoms with Crippen LogP contribution in [-0.4, -0.2) is 0 Å². The minimum atomic E-state index is -0.0662. The van der Waals surface area contributed by atoms with Crippen molar-refractivity contribution in [2.45, 2.75) is 44.4 Å². The van der Waals surface area contributed by atoms with Gasteiger partial charge in [0, 0.05) is 16.8 Å². The molecule has 0 heterocycles. The molecule has 212 valence electrons. The van der Waals surface area contributed by atoms with Crippen molar-refractivity contribution in [3.8, 4) is 23.0 Å². The molecule has 4 heteroatoms. The molecule has 0 aliphatic heterocycles. The Morgan fingerprint density at radius 1 is 0.548 bits per heavy atom. The van der Waals surface area contributed by atoms with E-state index in [9.17, 15) is 0 Å². The van der Waals surface area contributed by atoms with E-state index in [0.29, 0.717) is 5.92 Å². The molecule has 42 heavy (non-hydrogen) atoms. The molecule has 1 fully saturated rings. The molecule has 1 aliphatic carbocycles. The average Bonchev–Trinajstić information content (AvgIpc) is 3.02. The molecule has 4 N–H and O–H groups in total. The molecule has 1 saturated carbocycles. The van der Waals surface area contributed by atoms with Crippen molar-refractivity contribution in [2.24, 2.45) is 5.92 Å². The van der Waals surface area contributed by atoms with Crippen LogP contribution in [0.25, 0.3) is 0 Å². The molecule has 0 saturated heterocycles. The van der Waals surface area contributed by atoms with Gasteiger partial charge in [-0.1, -0.05) is 54.1 Å². The maximum absolute atomic E-state index is 6.11. The summed E-state index contributed by atoms with van der Waals surface area (Å²) in [6.45, 7) is 2.15. The first-order chi connectivity index (χ1) is 20.4. The van der Waals surface area contributed by atoms with E-state index >= 15 is 0 Å². The van der Waals surface area contributed by atoms with Gasteiger partial charge in [-0.05, 0) is 134 Å². The highest BCUT2D eigenvalue weighted by Gasteiger charge is 2.38. The van der Waals surface area contributed by atoms with Crippen LogP contribution in [0.15, 0.2) is 121 Å². The maximum atomic E-state index is 6.11. The van der Waals surface area contributed by atoms with E-state index in [1.54, 1.807) is 0 Å². The summed E-state index contributed by atoms with van der Waals surface area (Å²) in [5, 5.41) is 0. The van der Waals surface area contributed by atoms with Gasteiger partial charge in [-0.15, -0.1) is 0 Å². The molecular formula is C38H38N2O2. The number of nitrogen functional groups attached to an aromatic ring is 2. The summed E-state index contributed by atoms with van der Waals surface area (Å²) in [5.74, 6) is 3.87. The first-order valence-corrected chi connectivity index (χ1v) is 14.8. The molecular weight excluding hydrogens is 516 g/mol. The van der Waals surface area contributed by atoms with Gasteiger partial charge < -0.3 is 20.9 Å². The number of anilines is 2. The van der Waals surface area contributed by atoms with E-state index in [2.05, 4.69) is 79.7 Å². The second-order valence-corrected chi connectivity index (χ2v) is 11.6. The smallest absolute Gasteiger partial charge is 0.127 e. The van der Waals surface area contributed by atoms with Gasteiger partial charge in [-0.25, -0.2) is 0 Å². The Morgan fingerprint density at radius 2 is 0.929 bits per heavy atom. The molecule has 4 nitrogen and oxygen atoms in total. The Kier molecular flexibility index (Phi) is 7.87. The highest BCUT2D eigenvalue weighted by atomic mass is 16.5. The Morgan fingerprint density at radius 3 is 1.33 bits per heavy atom. The number of rotatable bonds is 8. The van der Waals surface area contributed by atoms with Gasteiger partial charge in [0.15, 0.2) is 0 Å². The fourth-order valence-electron chi connectivity index (χ4n) is 6.20. The summed E-state index contributed by atoms with van der Waals surface area (Å²) < 4.78 is 12.2. The van der Waals surface area contributed by atoms with Crippen LogP contribution >= 0.6 is 0 Å². The van der Waals surface area contributed by atoms with Crippen LogP contribution in [0.5, 0.6) is 23.0 Å². The molecule has 6 rings (SSSR count). The molecule has 0 spiro atoms. The molecule has 5 aromatic rings. The summed E-state index contributed by atoms with van der Waals surface area (Å²) in [6.07, 6.45) is 5.70. The van der Waals surface area contributed by atoms with E-state index in [1.807, 2.05) is 48.5 Å². The predicted molar refractivity (Wildman–Crippen MR) is 172 cm³/mol. The van der Waals surface area contributed by atoms with E-state index in [-0.39, 0.29) is 5.41 Å². The first-order valence-electron chi connectivity index (χ1n) is 14.8. The second kappa shape index (κ2) is 12.0. The zero-order chi connectivity index (χ0) is 28.9. The minimum absolute atomic E-state index is 0.0662. The van der Waals surface area contributed by atoms with Crippen LogP contribution in [-0.2, 0) is 11.8 Å². The Labute approximate surface area is 248 Å². The van der Waals surface area contributed by atoms with Crippen LogP contribution in [0, 0.1) is 12.8 Å². The maximum Gasteiger partial charge on any atom is 0.127 e. The van der Waals surface area contributed by atoms with Crippen molar-refractivity contribution in [1.82, 2.24) is 0 Å². The molecule has 0 unspecified atom stereocenters. The fraction of sp³-hybridized carbons (Fsp3) is 0.211. The van der Waals surface area contributed by atoms with Crippen molar-refractivity contribution in [3.63, 3.8) is 0 Å². The number of hydrogen-bond acceptors (Lipinski definition) is 4. The summed E-state index contributed by atoms with van der Waals surface area (Å²) in [5.41, 5.74) is 18.5. The van der Waals surface area contributed by atoms with E-state index in [4.69, 9.17) is 20.9 Å². The van der Waals surface area contributed by atoms with E-state index < -0.39 is 0 Å². The van der Waals surface area contributed by atoms with Gasteiger partial charge >= 0.3 is 0 Å². The summed E-state index contributed by atoms with van der Waals surface area (Å²) >= 11 is 0. The molecule has 5 aromatic carbocycles. The Hall–Kier alpha value is -4.70. The van der Waals surface area contributed by atoms with Crippen LogP contribution in [0.4, 0.5) is 11.4 Å². The monoisotopic (exact) mass is 554 g/mol. The SMILES string of the molecule is Cc1ccc(CC2CCC(c3ccc(Oc4ccc(N)cc4)cc3)(c3ccc(Oc4ccc(N)cc4)cc3)CC2)cc1. The molecule has 0 amide bonds. The number of aryl methyl sites for hydroxylation is 1. The molecule has 0 aromatic heterocycles. The number of benzene rings is 5. The quantitative estimate of drug-likeness (QED) is 0.187. The predicted octanol–water partition coefficient (Wildman–Crippen LogP) is 9.46. The largest absolute Gasteiger partial charge is 0.457 e. The van der Waals surface area contributed by atoms with Crippen molar-refractivity contribution in [3.05, 3.63) is 144 Å². The van der Waals surface area contributed by atoms with Crippen LogP contribution in [0.2, 0.25) is 0 Å². The standard InChI is InChI=1S/C38H38N2O2/c1-27-2-4-28(5-3-27)26-29-22-24-38(25-23-29,30-6-14-34(15-7-30)41-36-18-10-32(39)11-19-36)31-8-16-35(17-9-31)42-37-20-12-33(40)13-21-37/h2-21,29H,22-26,39-40H2,1H3. The van der Waals surface area contributed by atoms with E-state index in [1.165, 1.54) is 35.1 Å². The summed E-state index contributed by atoms with van der Waals surface area (Å²) in [6, 6.07) is 41.4. The minimum Gasteiger partial charge on any atom is -0.457 e. The summed E-state index contributed by atoms with van der Waals surface area (Å²) in [4.78, 5) is 0. The van der Waals surface area contributed by atoms with Gasteiger partial charge in [0.2, 0.25) is 0 Å². The molecule has 0 radical (unpaired) electrons. The first kappa shape index (κ1) is 27.5.